The molecule has 1 aliphatic rings. The van der Waals surface area contributed by atoms with Crippen molar-refractivity contribution in [1.82, 2.24) is 0 Å². The molecular formula is C12H15NO5S. The maximum Gasteiger partial charge on any atom is 0.323 e. The quantitative estimate of drug-likeness (QED) is 0.472. The highest BCUT2D eigenvalue weighted by Gasteiger charge is 2.24. The van der Waals surface area contributed by atoms with Gasteiger partial charge < -0.3 is 9.47 Å². The Bertz CT molecular complexity index is 478. The molecule has 0 atom stereocenters. The first-order valence-corrected chi connectivity index (χ1v) is 6.89. The zero-order valence-electron chi connectivity index (χ0n) is 10.6. The Hall–Kier alpha value is -1.47. The van der Waals surface area contributed by atoms with Crippen molar-refractivity contribution in [2.24, 2.45) is 5.92 Å². The van der Waals surface area contributed by atoms with E-state index in [1.165, 1.54) is 13.0 Å². The van der Waals surface area contributed by atoms with Crippen LogP contribution in [0, 0.1) is 16.0 Å². The molecule has 1 aromatic heterocycles. The van der Waals surface area contributed by atoms with Crippen molar-refractivity contribution in [3.8, 4) is 5.06 Å². The summed E-state index contributed by atoms with van der Waals surface area (Å²) in [6.45, 7) is 3.23. The largest absolute Gasteiger partial charge is 0.479 e. The average Bonchev–Trinajstić information content (AvgIpc) is 2.82. The van der Waals surface area contributed by atoms with Crippen molar-refractivity contribution < 1.29 is 19.2 Å². The monoisotopic (exact) mass is 285 g/mol. The number of hydrogen-bond donors (Lipinski definition) is 0. The van der Waals surface area contributed by atoms with E-state index in [0.29, 0.717) is 30.6 Å². The molecule has 0 spiro atoms. The summed E-state index contributed by atoms with van der Waals surface area (Å²) in [5.74, 6) is 0.172. The number of carbonyl (C=O) groups is 1. The van der Waals surface area contributed by atoms with Crippen molar-refractivity contribution in [2.75, 3.05) is 19.8 Å². The average molecular weight is 285 g/mol. The number of carbonyl (C=O) groups excluding carboxylic acids is 1. The van der Waals surface area contributed by atoms with Gasteiger partial charge in [0, 0.05) is 19.3 Å². The topological polar surface area (TPSA) is 78.7 Å². The molecule has 0 bridgehead atoms. The Morgan fingerprint density at radius 3 is 2.84 bits per heavy atom. The molecule has 0 aromatic carbocycles. The summed E-state index contributed by atoms with van der Waals surface area (Å²) in [5, 5.41) is 11.1. The van der Waals surface area contributed by atoms with Gasteiger partial charge in [-0.3, -0.25) is 14.9 Å². The molecule has 7 heteroatoms. The molecule has 2 rings (SSSR count). The second-order valence-corrected chi connectivity index (χ2v) is 5.48. The lowest BCUT2D eigenvalue weighted by Crippen LogP contribution is -2.21. The minimum absolute atomic E-state index is 0.123. The van der Waals surface area contributed by atoms with Gasteiger partial charge in [-0.2, -0.15) is 0 Å². The number of thiophene rings is 1. The molecule has 0 unspecified atom stereocenters. The van der Waals surface area contributed by atoms with E-state index in [1.807, 2.05) is 0 Å². The lowest BCUT2D eigenvalue weighted by atomic mass is 10.0. The van der Waals surface area contributed by atoms with E-state index in [4.69, 9.17) is 9.47 Å². The zero-order valence-corrected chi connectivity index (χ0v) is 11.4. The van der Waals surface area contributed by atoms with Gasteiger partial charge in [-0.05, 0) is 25.7 Å². The first kappa shape index (κ1) is 14.0. The summed E-state index contributed by atoms with van der Waals surface area (Å²) >= 11 is 1.04. The molecule has 104 valence electrons. The molecule has 0 saturated carbocycles. The highest BCUT2D eigenvalue weighted by Crippen LogP contribution is 2.37. The molecule has 1 fully saturated rings. The van der Waals surface area contributed by atoms with Gasteiger partial charge in [0.2, 0.25) is 0 Å². The van der Waals surface area contributed by atoms with Crippen molar-refractivity contribution in [3.05, 3.63) is 21.1 Å². The van der Waals surface area contributed by atoms with Crippen LogP contribution in [0.3, 0.4) is 0 Å². The normalized spacial score (nSPS) is 16.3. The van der Waals surface area contributed by atoms with Crippen LogP contribution in [0.5, 0.6) is 5.06 Å². The van der Waals surface area contributed by atoms with E-state index < -0.39 is 4.92 Å². The maximum absolute atomic E-state index is 11.3. The fourth-order valence-corrected chi connectivity index (χ4v) is 2.75. The molecule has 0 radical (unpaired) electrons. The van der Waals surface area contributed by atoms with E-state index >= 15 is 0 Å². The number of nitrogens with zero attached hydrogens (tertiary/aromatic N) is 1. The summed E-state index contributed by atoms with van der Waals surface area (Å²) in [4.78, 5) is 22.0. The van der Waals surface area contributed by atoms with Gasteiger partial charge in [-0.15, -0.1) is 0 Å². The SMILES string of the molecule is CC(=O)c1cc([N+](=O)[O-])c(OCC2CCOCC2)s1. The standard InChI is InChI=1S/C12H15NO5S/c1-8(14)11-6-10(13(15)16)12(19-11)18-7-9-2-4-17-5-3-9/h6,9H,2-5,7H2,1H3. The smallest absolute Gasteiger partial charge is 0.323 e. The van der Waals surface area contributed by atoms with Crippen LogP contribution in [0.25, 0.3) is 0 Å². The Labute approximate surface area is 114 Å². The lowest BCUT2D eigenvalue weighted by Gasteiger charge is -2.21. The van der Waals surface area contributed by atoms with E-state index in [-0.39, 0.29) is 16.5 Å². The number of ether oxygens (including phenoxy) is 2. The van der Waals surface area contributed by atoms with Crippen LogP contribution in [0.15, 0.2) is 6.07 Å². The van der Waals surface area contributed by atoms with Crippen molar-refractivity contribution in [1.29, 1.82) is 0 Å². The number of Topliss-reactive ketones (excluding diaryl/α,β-unsaturated/α-hetero) is 1. The second-order valence-electron chi connectivity index (χ2n) is 4.46. The molecule has 1 aliphatic heterocycles. The Morgan fingerprint density at radius 2 is 2.26 bits per heavy atom. The van der Waals surface area contributed by atoms with Gasteiger partial charge >= 0.3 is 5.69 Å². The number of ketones is 1. The molecule has 0 N–H and O–H groups in total. The molecule has 2 heterocycles. The van der Waals surface area contributed by atoms with Crippen LogP contribution >= 0.6 is 11.3 Å². The Balaban J connectivity index is 2.05. The molecule has 1 saturated heterocycles. The summed E-state index contributed by atoms with van der Waals surface area (Å²) in [5.41, 5.74) is -0.123. The maximum atomic E-state index is 11.3. The van der Waals surface area contributed by atoms with Gasteiger partial charge in [-0.25, -0.2) is 0 Å². The van der Waals surface area contributed by atoms with Crippen LogP contribution in [0.2, 0.25) is 0 Å². The third kappa shape index (κ3) is 3.51. The minimum Gasteiger partial charge on any atom is -0.479 e. The van der Waals surface area contributed by atoms with Crippen LogP contribution in [-0.2, 0) is 4.74 Å². The third-order valence-electron chi connectivity index (χ3n) is 3.01. The summed E-state index contributed by atoms with van der Waals surface area (Å²) < 4.78 is 10.8. The summed E-state index contributed by atoms with van der Waals surface area (Å²) in [6.07, 6.45) is 1.80. The Morgan fingerprint density at radius 1 is 1.58 bits per heavy atom. The van der Waals surface area contributed by atoms with Gasteiger partial charge in [-0.1, -0.05) is 11.3 Å². The molecule has 1 aromatic rings. The second kappa shape index (κ2) is 6.12. The lowest BCUT2D eigenvalue weighted by molar-refractivity contribution is -0.385. The van der Waals surface area contributed by atoms with Crippen molar-refractivity contribution >= 4 is 22.8 Å². The fraction of sp³-hybridized carbons (Fsp3) is 0.583. The molecular weight excluding hydrogens is 270 g/mol. The molecule has 19 heavy (non-hydrogen) atoms. The van der Waals surface area contributed by atoms with E-state index in [1.54, 1.807) is 0 Å². The van der Waals surface area contributed by atoms with E-state index in [9.17, 15) is 14.9 Å². The highest BCUT2D eigenvalue weighted by molar-refractivity contribution is 7.16. The number of hydrogen-bond acceptors (Lipinski definition) is 6. The molecule has 0 aliphatic carbocycles. The van der Waals surface area contributed by atoms with Crippen LogP contribution in [0.1, 0.15) is 29.4 Å². The van der Waals surface area contributed by atoms with Crippen LogP contribution in [0.4, 0.5) is 5.69 Å². The minimum atomic E-state index is -0.512. The van der Waals surface area contributed by atoms with Crippen LogP contribution in [-0.4, -0.2) is 30.5 Å². The highest BCUT2D eigenvalue weighted by atomic mass is 32.1. The summed E-state index contributed by atoms with van der Waals surface area (Å²) in [6, 6.07) is 1.28. The van der Waals surface area contributed by atoms with E-state index in [2.05, 4.69) is 0 Å². The number of rotatable bonds is 5. The summed E-state index contributed by atoms with van der Waals surface area (Å²) in [7, 11) is 0. The fourth-order valence-electron chi connectivity index (χ4n) is 1.88. The van der Waals surface area contributed by atoms with Gasteiger partial charge in [0.25, 0.3) is 5.06 Å². The van der Waals surface area contributed by atoms with Crippen molar-refractivity contribution in [2.45, 2.75) is 19.8 Å². The van der Waals surface area contributed by atoms with Crippen LogP contribution < -0.4 is 4.74 Å². The molecule has 6 nitrogen and oxygen atoms in total. The van der Waals surface area contributed by atoms with Gasteiger partial charge in [0.1, 0.15) is 0 Å². The molecule has 0 amide bonds. The first-order valence-electron chi connectivity index (χ1n) is 6.07. The predicted octanol–water partition coefficient (Wildman–Crippen LogP) is 2.66. The predicted molar refractivity (Wildman–Crippen MR) is 70.0 cm³/mol. The number of nitro groups is 1. The third-order valence-corrected chi connectivity index (χ3v) is 4.15. The van der Waals surface area contributed by atoms with Crippen molar-refractivity contribution in [3.63, 3.8) is 0 Å². The zero-order chi connectivity index (χ0) is 13.8. The first-order chi connectivity index (χ1) is 9.08. The Kier molecular flexibility index (Phi) is 4.49. The van der Waals surface area contributed by atoms with E-state index in [0.717, 1.165) is 24.2 Å². The van der Waals surface area contributed by atoms with Gasteiger partial charge in [0.05, 0.1) is 16.4 Å². The van der Waals surface area contributed by atoms with Gasteiger partial charge in [0.15, 0.2) is 5.78 Å².